The molecule has 0 bridgehead atoms. The predicted molar refractivity (Wildman–Crippen MR) is 133 cm³/mol. The van der Waals surface area contributed by atoms with Crippen molar-refractivity contribution in [2.45, 2.75) is 19.1 Å². The van der Waals surface area contributed by atoms with Gasteiger partial charge in [-0.1, -0.05) is 11.6 Å². The maximum atomic E-state index is 13.3. The van der Waals surface area contributed by atoms with E-state index in [9.17, 15) is 13.2 Å². The average molecular weight is 520 g/mol. The van der Waals surface area contributed by atoms with Gasteiger partial charge in [0.2, 0.25) is 5.95 Å². The fourth-order valence-corrected chi connectivity index (χ4v) is 4.37. The fraction of sp³-hybridized carbons (Fsp3) is 0.391. The Hall–Kier alpha value is -3.38. The second-order valence-corrected chi connectivity index (χ2v) is 8.94. The molecule has 0 amide bonds. The largest absolute Gasteiger partial charge is 0.416 e. The summed E-state index contributed by atoms with van der Waals surface area (Å²) in [5.74, 6) is 2.70. The van der Waals surface area contributed by atoms with Crippen molar-refractivity contribution < 1.29 is 13.2 Å². The number of piperazine rings is 1. The first-order valence-corrected chi connectivity index (χ1v) is 12.0. The minimum Gasteiger partial charge on any atom is -0.367 e. The average Bonchev–Trinajstić information content (AvgIpc) is 3.07. The Balaban J connectivity index is 1.40. The van der Waals surface area contributed by atoms with E-state index in [0.717, 1.165) is 50.6 Å². The number of nitrogens with one attached hydrogen (secondary N) is 3. The maximum absolute atomic E-state index is 13.3. The Morgan fingerprint density at radius 3 is 2.67 bits per heavy atom. The molecule has 190 valence electrons. The van der Waals surface area contributed by atoms with Gasteiger partial charge in [0.05, 0.1) is 11.8 Å². The van der Waals surface area contributed by atoms with Crippen LogP contribution in [0.1, 0.15) is 17.5 Å². The van der Waals surface area contributed by atoms with E-state index in [1.165, 1.54) is 6.07 Å². The molecule has 0 spiro atoms. The van der Waals surface area contributed by atoms with E-state index in [1.54, 1.807) is 12.4 Å². The van der Waals surface area contributed by atoms with Crippen LogP contribution in [-0.4, -0.2) is 59.2 Å². The Morgan fingerprint density at radius 2 is 1.86 bits per heavy atom. The van der Waals surface area contributed by atoms with E-state index in [2.05, 4.69) is 35.8 Å². The van der Waals surface area contributed by atoms with Crippen LogP contribution in [0.3, 0.4) is 0 Å². The van der Waals surface area contributed by atoms with E-state index < -0.39 is 11.7 Å². The summed E-state index contributed by atoms with van der Waals surface area (Å²) >= 11 is 6.27. The van der Waals surface area contributed by atoms with Crippen molar-refractivity contribution in [2.75, 3.05) is 59.7 Å². The van der Waals surface area contributed by atoms with Gasteiger partial charge in [-0.15, -0.1) is 0 Å². The van der Waals surface area contributed by atoms with Crippen molar-refractivity contribution in [1.82, 2.24) is 25.3 Å². The van der Waals surface area contributed by atoms with Crippen LogP contribution in [0, 0.1) is 0 Å². The molecule has 5 rings (SSSR count). The van der Waals surface area contributed by atoms with Gasteiger partial charge in [-0.3, -0.25) is 0 Å². The summed E-state index contributed by atoms with van der Waals surface area (Å²) in [7, 11) is 0. The molecular weight excluding hydrogens is 495 g/mol. The summed E-state index contributed by atoms with van der Waals surface area (Å²) in [6.45, 7) is 4.88. The van der Waals surface area contributed by atoms with Gasteiger partial charge in [0, 0.05) is 57.0 Å². The molecule has 2 aliphatic heterocycles. The lowest BCUT2D eigenvalue weighted by molar-refractivity contribution is -0.137. The van der Waals surface area contributed by atoms with Gasteiger partial charge in [0.1, 0.15) is 5.82 Å². The number of nitrogens with zero attached hydrogens (tertiary/aromatic N) is 6. The van der Waals surface area contributed by atoms with Crippen LogP contribution in [0.4, 0.5) is 42.4 Å². The van der Waals surface area contributed by atoms with Crippen LogP contribution >= 0.6 is 11.6 Å². The lowest BCUT2D eigenvalue weighted by atomic mass is 10.1. The second kappa shape index (κ2) is 10.3. The Kier molecular flexibility index (Phi) is 6.97. The molecule has 3 N–H and O–H groups in total. The van der Waals surface area contributed by atoms with Crippen molar-refractivity contribution in [3.8, 4) is 0 Å². The first-order chi connectivity index (χ1) is 17.4. The molecule has 0 radical (unpaired) electrons. The highest BCUT2D eigenvalue weighted by Crippen LogP contribution is 2.34. The second-order valence-electron chi connectivity index (χ2n) is 8.53. The molecule has 36 heavy (non-hydrogen) atoms. The number of benzene rings is 1. The van der Waals surface area contributed by atoms with E-state index in [-0.39, 0.29) is 11.6 Å². The van der Waals surface area contributed by atoms with Gasteiger partial charge in [0.15, 0.2) is 17.5 Å². The predicted octanol–water partition coefficient (Wildman–Crippen LogP) is 3.91. The number of hydrogen-bond acceptors (Lipinski definition) is 9. The van der Waals surface area contributed by atoms with E-state index in [4.69, 9.17) is 16.6 Å². The number of alkyl halides is 3. The normalized spacial score (nSPS) is 16.2. The zero-order valence-corrected chi connectivity index (χ0v) is 20.1. The number of anilines is 5. The lowest BCUT2D eigenvalue weighted by Gasteiger charge is -2.28. The first-order valence-electron chi connectivity index (χ1n) is 11.6. The molecule has 4 heterocycles. The Morgan fingerprint density at radius 1 is 1.03 bits per heavy atom. The summed E-state index contributed by atoms with van der Waals surface area (Å²) in [6.07, 6.45) is -0.429. The number of rotatable bonds is 5. The van der Waals surface area contributed by atoms with Gasteiger partial charge in [-0.05, 0) is 36.2 Å². The molecule has 0 saturated carbocycles. The van der Waals surface area contributed by atoms with E-state index in [1.807, 2.05) is 11.0 Å². The standard InChI is InChI=1S/C23H25ClF3N9/c24-17-3-2-16(23(25,26)27)12-15(17)14-36-9-1-5-29-20-21(36)32-18(13-31-20)33-22-30-6-4-19(34-22)35-10-7-28-8-11-35/h2-4,6,12-13,28H,1,5,7-11,14H2,(H,29,31)(H,30,32,33,34). The number of aromatic nitrogens is 4. The molecule has 0 aliphatic carbocycles. The van der Waals surface area contributed by atoms with Crippen molar-refractivity contribution in [1.29, 1.82) is 0 Å². The Labute approximate surface area is 211 Å². The zero-order valence-electron chi connectivity index (χ0n) is 19.3. The van der Waals surface area contributed by atoms with Gasteiger partial charge in [0.25, 0.3) is 0 Å². The van der Waals surface area contributed by atoms with Crippen LogP contribution < -0.4 is 25.8 Å². The monoisotopic (exact) mass is 519 g/mol. The lowest BCUT2D eigenvalue weighted by Crippen LogP contribution is -2.43. The van der Waals surface area contributed by atoms with Gasteiger partial charge in [-0.2, -0.15) is 18.2 Å². The Bertz CT molecular complexity index is 1220. The summed E-state index contributed by atoms with van der Waals surface area (Å²) < 4.78 is 39.8. The van der Waals surface area contributed by atoms with Crippen LogP contribution in [0.25, 0.3) is 0 Å². The molecule has 9 nitrogen and oxygen atoms in total. The summed E-state index contributed by atoms with van der Waals surface area (Å²) in [5.41, 5.74) is -0.371. The molecule has 3 aromatic rings. The highest BCUT2D eigenvalue weighted by Gasteiger charge is 2.31. The molecule has 1 fully saturated rings. The van der Waals surface area contributed by atoms with E-state index >= 15 is 0 Å². The molecule has 1 saturated heterocycles. The molecule has 2 aliphatic rings. The third kappa shape index (κ3) is 5.54. The van der Waals surface area contributed by atoms with Gasteiger partial charge < -0.3 is 25.8 Å². The zero-order chi connectivity index (χ0) is 25.1. The van der Waals surface area contributed by atoms with E-state index in [0.29, 0.717) is 42.1 Å². The summed E-state index contributed by atoms with van der Waals surface area (Å²) in [6, 6.07) is 5.22. The molecule has 0 unspecified atom stereocenters. The third-order valence-corrected chi connectivity index (χ3v) is 6.38. The minimum absolute atomic E-state index is 0.157. The minimum atomic E-state index is -4.45. The van der Waals surface area contributed by atoms with Crippen molar-refractivity contribution in [3.05, 3.63) is 52.8 Å². The fourth-order valence-electron chi connectivity index (χ4n) is 4.19. The first kappa shape index (κ1) is 24.3. The van der Waals surface area contributed by atoms with Crippen LogP contribution in [-0.2, 0) is 12.7 Å². The molecular formula is C23H25ClF3N9. The van der Waals surface area contributed by atoms with Gasteiger partial charge >= 0.3 is 6.18 Å². The topological polar surface area (TPSA) is 94.1 Å². The molecule has 0 atom stereocenters. The summed E-state index contributed by atoms with van der Waals surface area (Å²) in [4.78, 5) is 22.2. The molecule has 13 heteroatoms. The third-order valence-electron chi connectivity index (χ3n) is 6.01. The van der Waals surface area contributed by atoms with Crippen LogP contribution in [0.2, 0.25) is 5.02 Å². The van der Waals surface area contributed by atoms with Gasteiger partial charge in [-0.25, -0.2) is 15.0 Å². The van der Waals surface area contributed by atoms with Crippen molar-refractivity contribution in [3.63, 3.8) is 0 Å². The number of fused-ring (bicyclic) bond motifs is 1. The van der Waals surface area contributed by atoms with Crippen molar-refractivity contribution in [2.24, 2.45) is 0 Å². The molecule has 1 aromatic carbocycles. The SMILES string of the molecule is FC(F)(F)c1ccc(Cl)c(CN2CCCNc3ncc(Nc4nccc(N5CCNCC5)n4)nc32)c1. The van der Waals surface area contributed by atoms with Crippen molar-refractivity contribution >= 4 is 40.8 Å². The van der Waals surface area contributed by atoms with Crippen LogP contribution in [0.15, 0.2) is 36.7 Å². The number of halogens is 4. The quantitative estimate of drug-likeness (QED) is 0.463. The highest BCUT2D eigenvalue weighted by atomic mass is 35.5. The smallest absolute Gasteiger partial charge is 0.367 e. The summed E-state index contributed by atoms with van der Waals surface area (Å²) in [5, 5.41) is 9.93. The molecule has 2 aromatic heterocycles. The number of hydrogen-bond donors (Lipinski definition) is 3. The maximum Gasteiger partial charge on any atom is 0.416 e. The highest BCUT2D eigenvalue weighted by molar-refractivity contribution is 6.31. The van der Waals surface area contributed by atoms with Crippen LogP contribution in [0.5, 0.6) is 0 Å².